The van der Waals surface area contributed by atoms with Crippen molar-refractivity contribution >= 4 is 17.3 Å². The second-order valence-electron chi connectivity index (χ2n) is 3.74. The molecule has 0 fully saturated rings. The van der Waals surface area contributed by atoms with Crippen LogP contribution in [0.4, 0.5) is 0 Å². The van der Waals surface area contributed by atoms with Gasteiger partial charge < -0.3 is 5.11 Å². The predicted molar refractivity (Wildman–Crippen MR) is 63.7 cm³/mol. The van der Waals surface area contributed by atoms with Crippen LogP contribution in [0.25, 0.3) is 0 Å². The molecule has 0 saturated carbocycles. The minimum absolute atomic E-state index is 0.519. The smallest absolute Gasteiger partial charge is 0.346 e. The summed E-state index contributed by atoms with van der Waals surface area (Å²) < 4.78 is 0. The molecule has 1 rings (SSSR count). The largest absolute Gasteiger partial charge is 0.477 e. The van der Waals surface area contributed by atoms with Gasteiger partial charge in [0.15, 0.2) is 0 Å². The molecule has 0 saturated heterocycles. The second-order valence-corrected chi connectivity index (χ2v) is 4.66. The molecule has 1 N–H and O–H groups in total. The van der Waals surface area contributed by atoms with E-state index in [-0.39, 0.29) is 0 Å². The van der Waals surface area contributed by atoms with Crippen molar-refractivity contribution in [3.8, 4) is 0 Å². The Balaban J connectivity index is 2.31. The lowest BCUT2D eigenvalue weighted by Gasteiger charge is -2.00. The van der Waals surface area contributed by atoms with Gasteiger partial charge in [0.2, 0.25) is 0 Å². The van der Waals surface area contributed by atoms with Crippen LogP contribution in [0.2, 0.25) is 0 Å². The summed E-state index contributed by atoms with van der Waals surface area (Å²) in [5.41, 5.74) is 1.00. The van der Waals surface area contributed by atoms with Crippen LogP contribution in [0, 0.1) is 0 Å². The first-order valence-electron chi connectivity index (χ1n) is 5.55. The molecule has 0 radical (unpaired) electrons. The second kappa shape index (κ2) is 6.62. The zero-order valence-corrected chi connectivity index (χ0v) is 9.98. The molecule has 1 aromatic rings. The van der Waals surface area contributed by atoms with Gasteiger partial charge >= 0.3 is 5.97 Å². The Labute approximate surface area is 94.9 Å². The monoisotopic (exact) mass is 226 g/mol. The molecular weight excluding hydrogens is 208 g/mol. The SMILES string of the molecule is CCCCCCCc1ccsc1C(=O)O. The van der Waals surface area contributed by atoms with Gasteiger partial charge in [-0.1, -0.05) is 32.6 Å². The molecule has 0 atom stereocenters. The average Bonchev–Trinajstić information content (AvgIpc) is 2.66. The summed E-state index contributed by atoms with van der Waals surface area (Å²) in [6.07, 6.45) is 7.03. The molecule has 0 aliphatic heterocycles. The van der Waals surface area contributed by atoms with Gasteiger partial charge in [-0.05, 0) is 29.9 Å². The quantitative estimate of drug-likeness (QED) is 0.714. The molecule has 1 aromatic heterocycles. The molecule has 0 aromatic carbocycles. The van der Waals surface area contributed by atoms with E-state index in [0.717, 1.165) is 18.4 Å². The van der Waals surface area contributed by atoms with Crippen molar-refractivity contribution in [1.29, 1.82) is 0 Å². The zero-order chi connectivity index (χ0) is 11.1. The number of unbranched alkanes of at least 4 members (excludes halogenated alkanes) is 4. The van der Waals surface area contributed by atoms with Crippen LogP contribution in [0.15, 0.2) is 11.4 Å². The third-order valence-corrected chi connectivity index (χ3v) is 3.44. The van der Waals surface area contributed by atoms with E-state index in [0.29, 0.717) is 4.88 Å². The molecular formula is C12H18O2S. The first-order chi connectivity index (χ1) is 7.25. The molecule has 3 heteroatoms. The molecule has 0 spiro atoms. The highest BCUT2D eigenvalue weighted by molar-refractivity contribution is 7.12. The van der Waals surface area contributed by atoms with Crippen LogP contribution in [0.5, 0.6) is 0 Å². The van der Waals surface area contributed by atoms with E-state index < -0.39 is 5.97 Å². The average molecular weight is 226 g/mol. The van der Waals surface area contributed by atoms with Gasteiger partial charge in [-0.25, -0.2) is 4.79 Å². The molecule has 0 aliphatic rings. The van der Waals surface area contributed by atoms with Crippen LogP contribution in [-0.2, 0) is 6.42 Å². The summed E-state index contributed by atoms with van der Waals surface area (Å²) in [6, 6.07) is 1.94. The van der Waals surface area contributed by atoms with Crippen molar-refractivity contribution in [2.75, 3.05) is 0 Å². The molecule has 84 valence electrons. The van der Waals surface area contributed by atoms with Crippen LogP contribution in [0.1, 0.15) is 54.3 Å². The Morgan fingerprint density at radius 1 is 1.33 bits per heavy atom. The van der Waals surface area contributed by atoms with E-state index in [4.69, 9.17) is 5.11 Å². The molecule has 0 amide bonds. The van der Waals surface area contributed by atoms with Crippen molar-refractivity contribution in [3.63, 3.8) is 0 Å². The number of carboxylic acids is 1. The Morgan fingerprint density at radius 2 is 2.07 bits per heavy atom. The van der Waals surface area contributed by atoms with Crippen molar-refractivity contribution in [2.24, 2.45) is 0 Å². The van der Waals surface area contributed by atoms with Gasteiger partial charge in [-0.3, -0.25) is 0 Å². The third-order valence-electron chi connectivity index (χ3n) is 2.49. The molecule has 0 unspecified atom stereocenters. The van der Waals surface area contributed by atoms with Crippen molar-refractivity contribution in [2.45, 2.75) is 45.4 Å². The third kappa shape index (κ3) is 4.04. The zero-order valence-electron chi connectivity index (χ0n) is 9.16. The Bertz CT molecular complexity index is 304. The van der Waals surface area contributed by atoms with Crippen molar-refractivity contribution in [3.05, 3.63) is 21.9 Å². The lowest BCUT2D eigenvalue weighted by Crippen LogP contribution is -1.97. The molecule has 0 bridgehead atoms. The molecule has 15 heavy (non-hydrogen) atoms. The Hall–Kier alpha value is -0.830. The fraction of sp³-hybridized carbons (Fsp3) is 0.583. The van der Waals surface area contributed by atoms with E-state index in [2.05, 4.69) is 6.92 Å². The van der Waals surface area contributed by atoms with Gasteiger partial charge in [0.1, 0.15) is 4.88 Å². The van der Waals surface area contributed by atoms with Crippen molar-refractivity contribution < 1.29 is 9.90 Å². The molecule has 2 nitrogen and oxygen atoms in total. The number of hydrogen-bond donors (Lipinski definition) is 1. The topological polar surface area (TPSA) is 37.3 Å². The highest BCUT2D eigenvalue weighted by Gasteiger charge is 2.10. The van der Waals surface area contributed by atoms with E-state index in [9.17, 15) is 4.79 Å². The van der Waals surface area contributed by atoms with Gasteiger partial charge in [0.05, 0.1) is 0 Å². The lowest BCUT2D eigenvalue weighted by molar-refractivity contribution is 0.0701. The maximum Gasteiger partial charge on any atom is 0.346 e. The minimum atomic E-state index is -0.784. The highest BCUT2D eigenvalue weighted by atomic mass is 32.1. The summed E-state index contributed by atoms with van der Waals surface area (Å²) in [5.74, 6) is -0.784. The fourth-order valence-electron chi connectivity index (χ4n) is 1.64. The number of rotatable bonds is 7. The number of aromatic carboxylic acids is 1. The number of aryl methyl sites for hydroxylation is 1. The van der Waals surface area contributed by atoms with E-state index >= 15 is 0 Å². The van der Waals surface area contributed by atoms with E-state index in [1.165, 1.54) is 37.0 Å². The fourth-order valence-corrected chi connectivity index (χ4v) is 2.43. The van der Waals surface area contributed by atoms with Gasteiger partial charge in [0, 0.05) is 0 Å². The maximum absolute atomic E-state index is 10.8. The standard InChI is InChI=1S/C12H18O2S/c1-2-3-4-5-6-7-10-8-9-15-11(10)12(13)14/h8-9H,2-7H2,1H3,(H,13,14). The first-order valence-corrected chi connectivity index (χ1v) is 6.43. The van der Waals surface area contributed by atoms with Crippen LogP contribution < -0.4 is 0 Å². The molecule has 1 heterocycles. The summed E-state index contributed by atoms with van der Waals surface area (Å²) in [7, 11) is 0. The number of carboxylic acid groups (broad SMARTS) is 1. The Morgan fingerprint density at radius 3 is 2.73 bits per heavy atom. The van der Waals surface area contributed by atoms with Crippen LogP contribution in [0.3, 0.4) is 0 Å². The first kappa shape index (κ1) is 12.2. The number of carbonyl (C=O) groups is 1. The van der Waals surface area contributed by atoms with Crippen molar-refractivity contribution in [1.82, 2.24) is 0 Å². The summed E-state index contributed by atoms with van der Waals surface area (Å²) in [4.78, 5) is 11.3. The number of thiophene rings is 1. The number of hydrogen-bond acceptors (Lipinski definition) is 2. The predicted octanol–water partition coefficient (Wildman–Crippen LogP) is 3.96. The van der Waals surface area contributed by atoms with Gasteiger partial charge in [-0.2, -0.15) is 0 Å². The summed E-state index contributed by atoms with van der Waals surface area (Å²) >= 11 is 1.33. The van der Waals surface area contributed by atoms with E-state index in [1.807, 2.05) is 11.4 Å². The molecule has 0 aliphatic carbocycles. The van der Waals surface area contributed by atoms with Gasteiger partial charge in [-0.15, -0.1) is 11.3 Å². The summed E-state index contributed by atoms with van der Waals surface area (Å²) in [6.45, 7) is 2.20. The minimum Gasteiger partial charge on any atom is -0.477 e. The Kier molecular flexibility index (Phi) is 5.40. The van der Waals surface area contributed by atoms with Crippen LogP contribution in [-0.4, -0.2) is 11.1 Å². The highest BCUT2D eigenvalue weighted by Crippen LogP contribution is 2.19. The lowest BCUT2D eigenvalue weighted by atomic mass is 10.1. The van der Waals surface area contributed by atoms with Gasteiger partial charge in [0.25, 0.3) is 0 Å². The van der Waals surface area contributed by atoms with E-state index in [1.54, 1.807) is 0 Å². The van der Waals surface area contributed by atoms with Crippen LogP contribution >= 0.6 is 11.3 Å². The summed E-state index contributed by atoms with van der Waals surface area (Å²) in [5, 5.41) is 10.8. The maximum atomic E-state index is 10.8. The normalized spacial score (nSPS) is 10.5.